The van der Waals surface area contributed by atoms with Gasteiger partial charge in [0.15, 0.2) is 5.82 Å². The first kappa shape index (κ1) is 25.3. The number of H-pyrrole nitrogens is 1. The van der Waals surface area contributed by atoms with E-state index in [9.17, 15) is 9.18 Å². The molecule has 0 fully saturated rings. The number of pyridine rings is 1. The molecule has 0 saturated carbocycles. The van der Waals surface area contributed by atoms with Crippen LogP contribution in [0.1, 0.15) is 49.0 Å². The lowest BCUT2D eigenvalue weighted by molar-refractivity contribution is 0.161. The zero-order valence-electron chi connectivity index (χ0n) is 21.3. The molecule has 5 rings (SSSR count). The van der Waals surface area contributed by atoms with Gasteiger partial charge in [0.25, 0.3) is 5.56 Å². The van der Waals surface area contributed by atoms with Crippen LogP contribution < -0.4 is 10.3 Å². The van der Waals surface area contributed by atoms with Gasteiger partial charge >= 0.3 is 0 Å². The van der Waals surface area contributed by atoms with Gasteiger partial charge in [0.05, 0.1) is 18.9 Å². The van der Waals surface area contributed by atoms with E-state index in [0.717, 1.165) is 28.0 Å². The van der Waals surface area contributed by atoms with Crippen LogP contribution in [0, 0.1) is 5.82 Å². The van der Waals surface area contributed by atoms with Crippen LogP contribution >= 0.6 is 0 Å². The van der Waals surface area contributed by atoms with Crippen LogP contribution in [0.3, 0.4) is 0 Å². The number of hydrogen-bond acceptors (Lipinski definition) is 7. The van der Waals surface area contributed by atoms with Crippen molar-refractivity contribution in [3.8, 4) is 5.75 Å². The Balaban J connectivity index is 1.52. The van der Waals surface area contributed by atoms with E-state index < -0.39 is 0 Å². The molecule has 196 valence electrons. The molecule has 1 N–H and O–H groups in total. The van der Waals surface area contributed by atoms with Gasteiger partial charge in [-0.3, -0.25) is 9.69 Å². The number of nitrogens with one attached hydrogen (secondary N) is 1. The number of aromatic amines is 1. The summed E-state index contributed by atoms with van der Waals surface area (Å²) >= 11 is 0. The fourth-order valence-electron chi connectivity index (χ4n) is 4.64. The smallest absolute Gasteiger partial charge is 0.252 e. The molecule has 5 aromatic rings. The normalized spacial score (nSPS) is 12.3. The Morgan fingerprint density at radius 3 is 2.68 bits per heavy atom. The van der Waals surface area contributed by atoms with Gasteiger partial charge in [-0.05, 0) is 77.9 Å². The Morgan fingerprint density at radius 2 is 1.95 bits per heavy atom. The maximum absolute atomic E-state index is 13.6. The highest BCUT2D eigenvalue weighted by molar-refractivity contribution is 5.80. The van der Waals surface area contributed by atoms with E-state index in [1.54, 1.807) is 23.1 Å². The Kier molecular flexibility index (Phi) is 7.60. The molecule has 0 aliphatic heterocycles. The van der Waals surface area contributed by atoms with E-state index in [0.29, 0.717) is 44.0 Å². The lowest BCUT2D eigenvalue weighted by atomic mass is 10.1. The molecular weight excluding hydrogens is 487 g/mol. The summed E-state index contributed by atoms with van der Waals surface area (Å²) in [6, 6.07) is 17.3. The van der Waals surface area contributed by atoms with Crippen LogP contribution in [0.4, 0.5) is 4.39 Å². The number of aromatic nitrogens is 5. The minimum absolute atomic E-state index is 0.171. The first-order valence-electron chi connectivity index (χ1n) is 12.6. The second kappa shape index (κ2) is 11.4. The molecule has 1 unspecified atom stereocenters. The molecule has 0 aliphatic rings. The molecular formula is C28H29FN6O3. The summed E-state index contributed by atoms with van der Waals surface area (Å²) in [4.78, 5) is 18.3. The largest absolute Gasteiger partial charge is 0.494 e. The van der Waals surface area contributed by atoms with Crippen LogP contribution in [0.5, 0.6) is 5.75 Å². The summed E-state index contributed by atoms with van der Waals surface area (Å²) in [5.74, 6) is 1.83. The second-order valence-electron chi connectivity index (χ2n) is 9.04. The third kappa shape index (κ3) is 5.65. The Hall–Kier alpha value is -4.31. The van der Waals surface area contributed by atoms with Crippen LogP contribution in [0.25, 0.3) is 10.9 Å². The SMILES string of the molecule is CCOc1ccc2[nH]c(=O)c(CN(Cc3ccc(F)cc3)C(CC)c3nnnn3Cc3ccco3)cc2c1. The number of tetrazole rings is 1. The van der Waals surface area contributed by atoms with E-state index in [2.05, 4.69) is 25.4 Å². The van der Waals surface area contributed by atoms with E-state index in [1.165, 1.54) is 12.1 Å². The van der Waals surface area contributed by atoms with Crippen LogP contribution in [-0.2, 0) is 19.6 Å². The van der Waals surface area contributed by atoms with Crippen molar-refractivity contribution in [2.75, 3.05) is 6.61 Å². The first-order valence-corrected chi connectivity index (χ1v) is 12.6. The predicted molar refractivity (Wildman–Crippen MR) is 140 cm³/mol. The third-order valence-corrected chi connectivity index (χ3v) is 6.45. The van der Waals surface area contributed by atoms with Crippen molar-refractivity contribution in [3.05, 3.63) is 106 Å². The van der Waals surface area contributed by atoms with Crippen LogP contribution in [0.15, 0.2) is 76.1 Å². The fraction of sp³-hybridized carbons (Fsp3) is 0.286. The van der Waals surface area contributed by atoms with Crippen molar-refractivity contribution in [2.24, 2.45) is 0 Å². The molecule has 0 saturated heterocycles. The number of ether oxygens (including phenoxy) is 1. The minimum atomic E-state index is -0.300. The Bertz CT molecular complexity index is 1550. The number of fused-ring (bicyclic) bond motifs is 1. The molecule has 9 nitrogen and oxygen atoms in total. The Morgan fingerprint density at radius 1 is 1.11 bits per heavy atom. The van der Waals surface area contributed by atoms with E-state index in [4.69, 9.17) is 9.15 Å². The third-order valence-electron chi connectivity index (χ3n) is 6.45. The van der Waals surface area contributed by atoms with Crippen molar-refractivity contribution in [2.45, 2.75) is 45.9 Å². The number of furan rings is 1. The average molecular weight is 517 g/mol. The Labute approximate surface area is 218 Å². The van der Waals surface area contributed by atoms with E-state index in [-0.39, 0.29) is 17.4 Å². The summed E-state index contributed by atoms with van der Waals surface area (Å²) in [5, 5.41) is 13.3. The zero-order chi connectivity index (χ0) is 26.5. The summed E-state index contributed by atoms with van der Waals surface area (Å²) < 4.78 is 26.5. The molecule has 38 heavy (non-hydrogen) atoms. The summed E-state index contributed by atoms with van der Waals surface area (Å²) in [6.45, 7) is 5.70. The van der Waals surface area contributed by atoms with Gasteiger partial charge in [-0.1, -0.05) is 19.1 Å². The molecule has 0 spiro atoms. The topological polar surface area (TPSA) is 102 Å². The maximum atomic E-state index is 13.6. The number of rotatable bonds is 11. The molecule has 10 heteroatoms. The highest BCUT2D eigenvalue weighted by atomic mass is 19.1. The van der Waals surface area contributed by atoms with Gasteiger partial charge in [0, 0.05) is 29.6 Å². The second-order valence-corrected chi connectivity index (χ2v) is 9.04. The molecule has 0 bridgehead atoms. The molecule has 0 radical (unpaired) electrons. The number of halogens is 1. The zero-order valence-corrected chi connectivity index (χ0v) is 21.3. The van der Waals surface area contributed by atoms with Gasteiger partial charge in [0.1, 0.15) is 23.9 Å². The maximum Gasteiger partial charge on any atom is 0.252 e. The van der Waals surface area contributed by atoms with Gasteiger partial charge in [-0.15, -0.1) is 5.10 Å². The average Bonchev–Trinajstić information content (AvgIpc) is 3.59. The highest BCUT2D eigenvalue weighted by Gasteiger charge is 2.26. The van der Waals surface area contributed by atoms with Gasteiger partial charge in [-0.2, -0.15) is 0 Å². The highest BCUT2D eigenvalue weighted by Crippen LogP contribution is 2.27. The number of benzene rings is 2. The molecule has 3 aromatic heterocycles. The predicted octanol–water partition coefficient (Wildman–Crippen LogP) is 4.85. The molecule has 0 aliphatic carbocycles. The standard InChI is InChI=1S/C28H29FN6O3/c1-3-26(27-31-32-33-35(27)18-24-6-5-13-38-24)34(16-19-7-9-22(29)10-8-19)17-21-14-20-15-23(37-4-2)11-12-25(20)30-28(21)36/h5-15,26H,3-4,16-18H2,1-2H3,(H,30,36). The van der Waals surface area contributed by atoms with Crippen LogP contribution in [-0.4, -0.2) is 36.7 Å². The fourth-order valence-corrected chi connectivity index (χ4v) is 4.64. The quantitative estimate of drug-likeness (QED) is 0.268. The van der Waals surface area contributed by atoms with Crippen molar-refractivity contribution >= 4 is 10.9 Å². The van der Waals surface area contributed by atoms with Crippen molar-refractivity contribution < 1.29 is 13.5 Å². The van der Waals surface area contributed by atoms with Crippen LogP contribution in [0.2, 0.25) is 0 Å². The van der Waals surface area contributed by atoms with Gasteiger partial charge < -0.3 is 14.1 Å². The number of hydrogen-bond donors (Lipinski definition) is 1. The monoisotopic (exact) mass is 516 g/mol. The summed E-state index contributed by atoms with van der Waals surface area (Å²) in [7, 11) is 0. The molecule has 1 atom stereocenters. The molecule has 0 amide bonds. The first-order chi connectivity index (χ1) is 18.5. The van der Waals surface area contributed by atoms with Gasteiger partial charge in [-0.25, -0.2) is 9.07 Å². The van der Waals surface area contributed by atoms with Crippen molar-refractivity contribution in [3.63, 3.8) is 0 Å². The minimum Gasteiger partial charge on any atom is -0.494 e. The van der Waals surface area contributed by atoms with Crippen molar-refractivity contribution in [1.82, 2.24) is 30.1 Å². The summed E-state index contributed by atoms with van der Waals surface area (Å²) in [5.41, 5.74) is 2.07. The molecule has 3 heterocycles. The molecule has 2 aromatic carbocycles. The lowest BCUT2D eigenvalue weighted by Gasteiger charge is -2.30. The van der Waals surface area contributed by atoms with Gasteiger partial charge in [0.2, 0.25) is 0 Å². The number of nitrogens with zero attached hydrogens (tertiary/aromatic N) is 5. The summed E-state index contributed by atoms with van der Waals surface area (Å²) in [6.07, 6.45) is 2.29. The van der Waals surface area contributed by atoms with E-state index >= 15 is 0 Å². The lowest BCUT2D eigenvalue weighted by Crippen LogP contribution is -2.32. The van der Waals surface area contributed by atoms with E-state index in [1.807, 2.05) is 50.2 Å². The van der Waals surface area contributed by atoms with Crippen molar-refractivity contribution in [1.29, 1.82) is 0 Å².